The van der Waals surface area contributed by atoms with Crippen LogP contribution in [0.1, 0.15) is 10.5 Å². The number of rotatable bonds is 4. The first-order valence-electron chi connectivity index (χ1n) is 10.2. The van der Waals surface area contributed by atoms with Crippen LogP contribution in [0, 0.1) is 0 Å². The molecule has 1 aliphatic heterocycles. The summed E-state index contributed by atoms with van der Waals surface area (Å²) in [6.07, 6.45) is 0.721. The number of anilines is 1. The van der Waals surface area contributed by atoms with Crippen molar-refractivity contribution >= 4 is 29.1 Å². The predicted octanol–water partition coefficient (Wildman–Crippen LogP) is 3.94. The van der Waals surface area contributed by atoms with E-state index in [0.717, 1.165) is 5.69 Å². The molecule has 0 aliphatic carbocycles. The van der Waals surface area contributed by atoms with Crippen LogP contribution in [-0.4, -0.2) is 41.3 Å². The number of hydrogen-bond donors (Lipinski definition) is 1. The zero-order chi connectivity index (χ0) is 22.9. The summed E-state index contributed by atoms with van der Waals surface area (Å²) >= 11 is 6.04. The minimum absolute atomic E-state index is 0.0550. The third kappa shape index (κ3) is 3.85. The molecule has 4 aromatic rings. The number of furan rings is 1. The van der Waals surface area contributed by atoms with Gasteiger partial charge < -0.3 is 14.5 Å². The second-order valence-electron chi connectivity index (χ2n) is 7.38. The van der Waals surface area contributed by atoms with Crippen LogP contribution >= 0.6 is 11.6 Å². The zero-order valence-electron chi connectivity index (χ0n) is 17.6. The van der Waals surface area contributed by atoms with Gasteiger partial charge in [0, 0.05) is 18.1 Å². The Morgan fingerprint density at radius 1 is 1.09 bits per heavy atom. The maximum absolute atomic E-state index is 13.7. The average Bonchev–Trinajstić information content (AvgIpc) is 3.53. The number of fused-ring (bicyclic) bond motifs is 1. The highest BCUT2D eigenvalue weighted by atomic mass is 35.5. The number of carbonyl (C=O) groups excluding carboxylic acids is 2. The number of para-hydroxylation sites is 2. The van der Waals surface area contributed by atoms with E-state index in [2.05, 4.69) is 10.4 Å². The fourth-order valence-corrected chi connectivity index (χ4v) is 3.85. The topological polar surface area (TPSA) is 89.6 Å². The Hall–Kier alpha value is -4.04. The first-order chi connectivity index (χ1) is 16.0. The summed E-state index contributed by atoms with van der Waals surface area (Å²) < 4.78 is 13.0. The van der Waals surface area contributed by atoms with Crippen molar-refractivity contribution in [3.63, 3.8) is 0 Å². The number of likely N-dealkylation sites (N-methyl/N-ethyl adjacent to an activating group) is 1. The Morgan fingerprint density at radius 2 is 1.88 bits per heavy atom. The molecular formula is C24H19ClN4O4. The first kappa shape index (κ1) is 20.8. The van der Waals surface area contributed by atoms with E-state index in [1.54, 1.807) is 59.5 Å². The van der Waals surface area contributed by atoms with E-state index in [1.165, 1.54) is 11.9 Å². The predicted molar refractivity (Wildman–Crippen MR) is 123 cm³/mol. The molecule has 8 nitrogen and oxygen atoms in total. The van der Waals surface area contributed by atoms with Crippen LogP contribution in [-0.2, 0) is 4.79 Å². The molecule has 0 fully saturated rings. The minimum Gasteiger partial charge on any atom is -0.477 e. The number of carbonyl (C=O) groups is 2. The van der Waals surface area contributed by atoms with Gasteiger partial charge in [-0.2, -0.15) is 5.10 Å². The molecule has 2 aromatic heterocycles. The Kier molecular flexibility index (Phi) is 5.35. The molecule has 2 aromatic carbocycles. The molecular weight excluding hydrogens is 444 g/mol. The molecule has 3 heterocycles. The van der Waals surface area contributed by atoms with Gasteiger partial charge >= 0.3 is 0 Å². The van der Waals surface area contributed by atoms with Gasteiger partial charge in [0.1, 0.15) is 11.4 Å². The first-order valence-corrected chi connectivity index (χ1v) is 10.6. The average molecular weight is 463 g/mol. The summed E-state index contributed by atoms with van der Waals surface area (Å²) in [6, 6.07) is 19.4. The zero-order valence-corrected chi connectivity index (χ0v) is 18.3. The van der Waals surface area contributed by atoms with Crippen molar-refractivity contribution < 1.29 is 18.7 Å². The molecule has 1 unspecified atom stereocenters. The molecule has 0 spiro atoms. The summed E-state index contributed by atoms with van der Waals surface area (Å²) in [4.78, 5) is 27.5. The number of benzene rings is 2. The van der Waals surface area contributed by atoms with Crippen LogP contribution in [0.15, 0.2) is 77.4 Å². The van der Waals surface area contributed by atoms with Crippen LogP contribution in [0.5, 0.6) is 5.75 Å². The monoisotopic (exact) mass is 462 g/mol. The molecule has 5 rings (SSSR count). The molecule has 33 heavy (non-hydrogen) atoms. The van der Waals surface area contributed by atoms with Crippen molar-refractivity contribution in [3.8, 4) is 22.9 Å². The molecule has 2 amide bonds. The quantitative estimate of drug-likeness (QED) is 0.496. The number of amides is 2. The van der Waals surface area contributed by atoms with E-state index in [9.17, 15) is 9.59 Å². The molecule has 0 radical (unpaired) electrons. The lowest BCUT2D eigenvalue weighted by Crippen LogP contribution is -2.50. The highest BCUT2D eigenvalue weighted by Crippen LogP contribution is 2.35. The number of nitrogens with zero attached hydrogens (tertiary/aromatic N) is 3. The fourth-order valence-electron chi connectivity index (χ4n) is 3.73. The van der Waals surface area contributed by atoms with Crippen LogP contribution in [0.4, 0.5) is 5.69 Å². The maximum Gasteiger partial charge on any atom is 0.279 e. The number of aromatic nitrogens is 2. The van der Waals surface area contributed by atoms with E-state index in [1.807, 2.05) is 18.2 Å². The van der Waals surface area contributed by atoms with Crippen LogP contribution in [0.2, 0.25) is 5.02 Å². The second kappa shape index (κ2) is 8.48. The molecule has 0 saturated carbocycles. The molecule has 0 bridgehead atoms. The van der Waals surface area contributed by atoms with Gasteiger partial charge in [-0.25, -0.2) is 4.68 Å². The summed E-state index contributed by atoms with van der Waals surface area (Å²) in [7, 11) is 1.53. The van der Waals surface area contributed by atoms with Crippen molar-refractivity contribution in [1.82, 2.24) is 15.1 Å². The van der Waals surface area contributed by atoms with Gasteiger partial charge in [-0.1, -0.05) is 23.7 Å². The minimum atomic E-state index is -0.836. The Labute approximate surface area is 194 Å². The second-order valence-corrected chi connectivity index (χ2v) is 7.82. The SMILES string of the molecule is CNC(=O)C1CN(C(=O)c2cc(-c3ccco3)n(-c3ccc(Cl)cc3)n2)c2ccccc2O1. The lowest BCUT2D eigenvalue weighted by molar-refractivity contribution is -0.127. The molecule has 1 atom stereocenters. The fraction of sp³-hybridized carbons (Fsp3) is 0.125. The number of nitrogens with one attached hydrogen (secondary N) is 1. The van der Waals surface area contributed by atoms with Gasteiger partial charge in [0.15, 0.2) is 17.6 Å². The highest BCUT2D eigenvalue weighted by molar-refractivity contribution is 6.30. The lowest BCUT2D eigenvalue weighted by atomic mass is 10.1. The van der Waals surface area contributed by atoms with E-state index < -0.39 is 6.10 Å². The number of ether oxygens (including phenoxy) is 1. The number of halogens is 1. The van der Waals surface area contributed by atoms with Gasteiger partial charge in [-0.3, -0.25) is 14.5 Å². The molecule has 166 valence electrons. The van der Waals surface area contributed by atoms with E-state index >= 15 is 0 Å². The van der Waals surface area contributed by atoms with E-state index in [0.29, 0.717) is 27.9 Å². The van der Waals surface area contributed by atoms with Gasteiger partial charge in [0.05, 0.1) is 24.2 Å². The summed E-state index contributed by atoms with van der Waals surface area (Å²) in [6.45, 7) is 0.0550. The smallest absolute Gasteiger partial charge is 0.279 e. The molecule has 1 N–H and O–H groups in total. The van der Waals surface area contributed by atoms with Crippen molar-refractivity contribution in [2.24, 2.45) is 0 Å². The normalized spacial score (nSPS) is 15.0. The van der Waals surface area contributed by atoms with Crippen molar-refractivity contribution in [2.45, 2.75) is 6.10 Å². The summed E-state index contributed by atoms with van der Waals surface area (Å²) in [5.74, 6) is 0.335. The Balaban J connectivity index is 1.58. The van der Waals surface area contributed by atoms with E-state index in [-0.39, 0.29) is 24.1 Å². The van der Waals surface area contributed by atoms with Crippen LogP contribution < -0.4 is 15.0 Å². The van der Waals surface area contributed by atoms with Crippen molar-refractivity contribution in [2.75, 3.05) is 18.5 Å². The highest BCUT2D eigenvalue weighted by Gasteiger charge is 2.35. The standard InChI is InChI=1S/C24H19ClN4O4/c1-26-23(30)22-14-28(18-5-2-3-6-21(18)33-22)24(31)17-13-19(20-7-4-12-32-20)29(27-17)16-10-8-15(25)9-11-16/h2-13,22H,14H2,1H3,(H,26,30). The van der Waals surface area contributed by atoms with Crippen molar-refractivity contribution in [3.05, 3.63) is 83.7 Å². The third-order valence-electron chi connectivity index (χ3n) is 5.33. The molecule has 9 heteroatoms. The molecule has 1 aliphatic rings. The lowest BCUT2D eigenvalue weighted by Gasteiger charge is -2.33. The third-order valence-corrected chi connectivity index (χ3v) is 5.58. The van der Waals surface area contributed by atoms with E-state index in [4.69, 9.17) is 20.8 Å². The van der Waals surface area contributed by atoms with Gasteiger partial charge in [-0.15, -0.1) is 0 Å². The van der Waals surface area contributed by atoms with Crippen LogP contribution in [0.3, 0.4) is 0 Å². The summed E-state index contributed by atoms with van der Waals surface area (Å²) in [5.41, 5.74) is 2.09. The Morgan fingerprint density at radius 3 is 2.61 bits per heavy atom. The van der Waals surface area contributed by atoms with Gasteiger partial charge in [-0.05, 0) is 48.5 Å². The van der Waals surface area contributed by atoms with Crippen LogP contribution in [0.25, 0.3) is 17.1 Å². The molecule has 0 saturated heterocycles. The Bertz CT molecular complexity index is 1310. The number of hydrogen-bond acceptors (Lipinski definition) is 5. The summed E-state index contributed by atoms with van der Waals surface area (Å²) in [5, 5.41) is 7.75. The largest absolute Gasteiger partial charge is 0.477 e. The maximum atomic E-state index is 13.7. The van der Waals surface area contributed by atoms with Gasteiger partial charge in [0.25, 0.3) is 11.8 Å². The van der Waals surface area contributed by atoms with Crippen molar-refractivity contribution in [1.29, 1.82) is 0 Å². The van der Waals surface area contributed by atoms with Gasteiger partial charge in [0.2, 0.25) is 0 Å².